The Balaban J connectivity index is 2.33. The van der Waals surface area contributed by atoms with Crippen molar-refractivity contribution in [3.63, 3.8) is 0 Å². The van der Waals surface area contributed by atoms with E-state index in [1.165, 1.54) is 0 Å². The van der Waals surface area contributed by atoms with E-state index in [0.717, 1.165) is 32.5 Å². The number of ether oxygens (including phenoxy) is 1. The number of halogens is 2. The third-order valence-corrected chi connectivity index (χ3v) is 3.50. The fraction of sp³-hybridized carbons (Fsp3) is 0.929. The lowest BCUT2D eigenvalue weighted by molar-refractivity contribution is -0.135. The molecule has 0 aliphatic carbocycles. The minimum absolute atomic E-state index is 0.0140. The predicted molar refractivity (Wildman–Crippen MR) is 73.9 cm³/mol. The molecule has 1 fully saturated rings. The molecule has 0 saturated carbocycles. The van der Waals surface area contributed by atoms with Gasteiger partial charge in [0.25, 0.3) is 6.43 Å². The quantitative estimate of drug-likeness (QED) is 0.695. The van der Waals surface area contributed by atoms with E-state index < -0.39 is 13.0 Å². The van der Waals surface area contributed by atoms with Gasteiger partial charge in [-0.1, -0.05) is 0 Å². The van der Waals surface area contributed by atoms with Crippen molar-refractivity contribution in [1.82, 2.24) is 10.2 Å². The SMILES string of the molecule is CC(C)N(CC1CCCNC1)C(=O)CCOCC(F)F. The number of nitrogens with zero attached hydrogens (tertiary/aromatic N) is 1. The summed E-state index contributed by atoms with van der Waals surface area (Å²) in [5, 5.41) is 3.34. The summed E-state index contributed by atoms with van der Waals surface area (Å²) >= 11 is 0. The summed E-state index contributed by atoms with van der Waals surface area (Å²) in [5.41, 5.74) is 0. The molecule has 6 heteroatoms. The van der Waals surface area contributed by atoms with Crippen molar-refractivity contribution >= 4 is 5.91 Å². The number of carbonyl (C=O) groups is 1. The molecule has 1 amide bonds. The van der Waals surface area contributed by atoms with Crippen molar-refractivity contribution in [1.29, 1.82) is 0 Å². The fourth-order valence-corrected chi connectivity index (χ4v) is 2.43. The summed E-state index contributed by atoms with van der Waals surface area (Å²) in [6.45, 7) is 6.16. The summed E-state index contributed by atoms with van der Waals surface area (Å²) < 4.78 is 28.6. The Bertz CT molecular complexity index is 282. The van der Waals surface area contributed by atoms with E-state index in [-0.39, 0.29) is 25.0 Å². The molecule has 1 aliphatic rings. The van der Waals surface area contributed by atoms with Gasteiger partial charge in [0.1, 0.15) is 6.61 Å². The number of rotatable bonds is 8. The molecule has 1 saturated heterocycles. The average molecular weight is 292 g/mol. The van der Waals surface area contributed by atoms with Crippen LogP contribution in [-0.2, 0) is 9.53 Å². The van der Waals surface area contributed by atoms with Gasteiger partial charge in [0.15, 0.2) is 0 Å². The van der Waals surface area contributed by atoms with E-state index in [0.29, 0.717) is 5.92 Å². The van der Waals surface area contributed by atoms with Crippen LogP contribution in [0.3, 0.4) is 0 Å². The number of hydrogen-bond acceptors (Lipinski definition) is 3. The Morgan fingerprint density at radius 2 is 2.20 bits per heavy atom. The van der Waals surface area contributed by atoms with Gasteiger partial charge in [-0.25, -0.2) is 8.78 Å². The van der Waals surface area contributed by atoms with Gasteiger partial charge in [-0.3, -0.25) is 4.79 Å². The molecule has 1 atom stereocenters. The highest BCUT2D eigenvalue weighted by Gasteiger charge is 2.22. The van der Waals surface area contributed by atoms with E-state index in [2.05, 4.69) is 5.32 Å². The molecular formula is C14H26F2N2O2. The number of carbonyl (C=O) groups excluding carboxylic acids is 1. The molecule has 0 radical (unpaired) electrons. The molecule has 1 unspecified atom stereocenters. The smallest absolute Gasteiger partial charge is 0.261 e. The third kappa shape index (κ3) is 6.61. The van der Waals surface area contributed by atoms with Crippen LogP contribution in [0.5, 0.6) is 0 Å². The van der Waals surface area contributed by atoms with Gasteiger partial charge in [0.2, 0.25) is 5.91 Å². The van der Waals surface area contributed by atoms with Crippen LogP contribution in [0, 0.1) is 5.92 Å². The van der Waals surface area contributed by atoms with Crippen LogP contribution >= 0.6 is 0 Å². The number of nitrogens with one attached hydrogen (secondary N) is 1. The second-order valence-corrected chi connectivity index (χ2v) is 5.57. The van der Waals surface area contributed by atoms with Gasteiger partial charge < -0.3 is 15.0 Å². The summed E-state index contributed by atoms with van der Waals surface area (Å²) in [6, 6.07) is 0.125. The lowest BCUT2D eigenvalue weighted by Crippen LogP contribution is -2.44. The van der Waals surface area contributed by atoms with Gasteiger partial charge in [-0.15, -0.1) is 0 Å². The minimum Gasteiger partial charge on any atom is -0.375 e. The maximum absolute atomic E-state index is 12.1. The highest BCUT2D eigenvalue weighted by atomic mass is 19.3. The molecular weight excluding hydrogens is 266 g/mol. The number of piperidine rings is 1. The highest BCUT2D eigenvalue weighted by Crippen LogP contribution is 2.14. The fourth-order valence-electron chi connectivity index (χ4n) is 2.43. The first kappa shape index (κ1) is 17.3. The zero-order valence-electron chi connectivity index (χ0n) is 12.4. The van der Waals surface area contributed by atoms with E-state index in [1.54, 1.807) is 0 Å². The Morgan fingerprint density at radius 1 is 1.45 bits per heavy atom. The largest absolute Gasteiger partial charge is 0.375 e. The van der Waals surface area contributed by atoms with E-state index in [1.807, 2.05) is 18.7 Å². The van der Waals surface area contributed by atoms with Crippen molar-refractivity contribution in [3.05, 3.63) is 0 Å². The Labute approximate surface area is 119 Å². The van der Waals surface area contributed by atoms with Gasteiger partial charge in [0.05, 0.1) is 13.0 Å². The molecule has 0 spiro atoms. The second kappa shape index (κ2) is 9.23. The van der Waals surface area contributed by atoms with Crippen LogP contribution in [0.15, 0.2) is 0 Å². The third-order valence-electron chi connectivity index (χ3n) is 3.50. The Kier molecular flexibility index (Phi) is 7.99. The molecule has 0 aromatic rings. The molecule has 118 valence electrons. The molecule has 0 aromatic heterocycles. The zero-order chi connectivity index (χ0) is 15.0. The minimum atomic E-state index is -2.47. The molecule has 4 nitrogen and oxygen atoms in total. The molecule has 1 aliphatic heterocycles. The topological polar surface area (TPSA) is 41.6 Å². The standard InChI is InChI=1S/C14H26F2N2O2/c1-11(2)18(9-12-4-3-6-17-8-12)14(19)5-7-20-10-13(15)16/h11-13,17H,3-10H2,1-2H3. The Morgan fingerprint density at radius 3 is 2.75 bits per heavy atom. The number of alkyl halides is 2. The van der Waals surface area contributed by atoms with Gasteiger partial charge in [-0.05, 0) is 45.7 Å². The van der Waals surface area contributed by atoms with Gasteiger partial charge >= 0.3 is 0 Å². The van der Waals surface area contributed by atoms with E-state index in [4.69, 9.17) is 4.74 Å². The van der Waals surface area contributed by atoms with Crippen molar-refractivity contribution in [3.8, 4) is 0 Å². The Hall–Kier alpha value is -0.750. The first-order valence-corrected chi connectivity index (χ1v) is 7.36. The van der Waals surface area contributed by atoms with Crippen LogP contribution in [0.4, 0.5) is 8.78 Å². The zero-order valence-corrected chi connectivity index (χ0v) is 12.4. The highest BCUT2D eigenvalue weighted by molar-refractivity contribution is 5.76. The summed E-state index contributed by atoms with van der Waals surface area (Å²) in [7, 11) is 0. The normalized spacial score (nSPS) is 19.6. The van der Waals surface area contributed by atoms with Crippen LogP contribution in [0.2, 0.25) is 0 Å². The molecule has 1 rings (SSSR count). The van der Waals surface area contributed by atoms with Crippen LogP contribution in [0.1, 0.15) is 33.1 Å². The summed E-state index contributed by atoms with van der Waals surface area (Å²) in [4.78, 5) is 14.0. The van der Waals surface area contributed by atoms with Crippen molar-refractivity contribution in [2.24, 2.45) is 5.92 Å². The van der Waals surface area contributed by atoms with E-state index in [9.17, 15) is 13.6 Å². The molecule has 0 bridgehead atoms. The lowest BCUT2D eigenvalue weighted by atomic mass is 9.98. The van der Waals surface area contributed by atoms with Gasteiger partial charge in [0, 0.05) is 12.6 Å². The van der Waals surface area contributed by atoms with Gasteiger partial charge in [-0.2, -0.15) is 0 Å². The van der Waals surface area contributed by atoms with Crippen molar-refractivity contribution in [2.75, 3.05) is 32.8 Å². The van der Waals surface area contributed by atoms with Crippen molar-refractivity contribution in [2.45, 2.75) is 45.6 Å². The first-order chi connectivity index (χ1) is 9.50. The summed E-state index contributed by atoms with van der Waals surface area (Å²) in [5.74, 6) is 0.469. The number of amides is 1. The maximum Gasteiger partial charge on any atom is 0.261 e. The van der Waals surface area contributed by atoms with Crippen LogP contribution in [0.25, 0.3) is 0 Å². The molecule has 1 N–H and O–H groups in total. The number of hydrogen-bond donors (Lipinski definition) is 1. The van der Waals surface area contributed by atoms with Crippen LogP contribution in [-0.4, -0.2) is 56.1 Å². The van der Waals surface area contributed by atoms with Crippen molar-refractivity contribution < 1.29 is 18.3 Å². The van der Waals surface area contributed by atoms with Crippen LogP contribution < -0.4 is 5.32 Å². The lowest BCUT2D eigenvalue weighted by Gasteiger charge is -2.33. The molecule has 20 heavy (non-hydrogen) atoms. The summed E-state index contributed by atoms with van der Waals surface area (Å²) in [6.07, 6.45) is -0.0294. The predicted octanol–water partition coefficient (Wildman–Crippen LogP) is 1.89. The average Bonchev–Trinajstić information content (AvgIpc) is 2.41. The van der Waals surface area contributed by atoms with E-state index >= 15 is 0 Å². The maximum atomic E-state index is 12.1. The molecule has 0 aromatic carbocycles. The molecule has 1 heterocycles. The second-order valence-electron chi connectivity index (χ2n) is 5.57. The first-order valence-electron chi connectivity index (χ1n) is 7.36. The monoisotopic (exact) mass is 292 g/mol.